The van der Waals surface area contributed by atoms with Crippen molar-refractivity contribution in [2.24, 2.45) is 0 Å². The highest BCUT2D eigenvalue weighted by atomic mass is 79.9. The van der Waals surface area contributed by atoms with Crippen molar-refractivity contribution in [2.45, 2.75) is 4.90 Å². The van der Waals surface area contributed by atoms with Gasteiger partial charge in [-0.05, 0) is 40.2 Å². The number of fused-ring (bicyclic) bond motifs is 1. The molecule has 2 heterocycles. The first-order chi connectivity index (χ1) is 9.95. The molecule has 9 heteroatoms. The summed E-state index contributed by atoms with van der Waals surface area (Å²) in [7, 11) is -3.83. The lowest BCUT2D eigenvalue weighted by Gasteiger charge is -2.09. The summed E-state index contributed by atoms with van der Waals surface area (Å²) in [5.74, 6) is 0. The van der Waals surface area contributed by atoms with Gasteiger partial charge in [0.1, 0.15) is 10.0 Å². The van der Waals surface area contributed by atoms with Crippen molar-refractivity contribution < 1.29 is 8.42 Å². The Labute approximate surface area is 133 Å². The van der Waals surface area contributed by atoms with Crippen LogP contribution in [0.1, 0.15) is 0 Å². The third kappa shape index (κ3) is 2.87. The molecule has 0 spiro atoms. The van der Waals surface area contributed by atoms with Crippen molar-refractivity contribution >= 4 is 54.1 Å². The van der Waals surface area contributed by atoms with Crippen LogP contribution in [-0.4, -0.2) is 23.6 Å². The number of benzene rings is 1. The highest BCUT2D eigenvalue weighted by Crippen LogP contribution is 2.26. The number of aromatic amines is 1. The lowest BCUT2D eigenvalue weighted by molar-refractivity contribution is 0.601. The second-order valence-corrected chi connectivity index (χ2v) is 7.14. The molecule has 2 N–H and O–H groups in total. The molecule has 0 amide bonds. The van der Waals surface area contributed by atoms with Crippen LogP contribution in [0.15, 0.2) is 46.0 Å². The largest absolute Gasteiger partial charge is 0.279 e. The third-order valence-corrected chi connectivity index (χ3v) is 5.00. The minimum absolute atomic E-state index is 0.0895. The Balaban J connectivity index is 2.00. The monoisotopic (exact) mass is 386 g/mol. The van der Waals surface area contributed by atoms with Crippen molar-refractivity contribution in [1.82, 2.24) is 15.2 Å². The highest BCUT2D eigenvalue weighted by molar-refractivity contribution is 9.10. The Hall–Kier alpha value is -1.64. The summed E-state index contributed by atoms with van der Waals surface area (Å²) < 4.78 is 27.7. The van der Waals surface area contributed by atoms with Gasteiger partial charge in [0.2, 0.25) is 0 Å². The number of aromatic nitrogens is 3. The Morgan fingerprint density at radius 3 is 2.86 bits per heavy atom. The predicted octanol–water partition coefficient (Wildman–Crippen LogP) is 3.17. The predicted molar refractivity (Wildman–Crippen MR) is 83.8 cm³/mol. The Morgan fingerprint density at radius 1 is 1.24 bits per heavy atom. The van der Waals surface area contributed by atoms with Crippen LogP contribution < -0.4 is 4.72 Å². The van der Waals surface area contributed by atoms with Crippen molar-refractivity contribution in [3.05, 3.63) is 46.3 Å². The molecule has 3 rings (SSSR count). The molecule has 0 aliphatic heterocycles. The van der Waals surface area contributed by atoms with Crippen LogP contribution in [0.3, 0.4) is 0 Å². The molecule has 2 aromatic heterocycles. The second kappa shape index (κ2) is 5.28. The van der Waals surface area contributed by atoms with E-state index in [0.717, 1.165) is 10.9 Å². The van der Waals surface area contributed by atoms with E-state index in [4.69, 9.17) is 11.6 Å². The molecule has 0 saturated heterocycles. The quantitative estimate of drug-likeness (QED) is 0.676. The molecule has 6 nitrogen and oxygen atoms in total. The smallest absolute Gasteiger partial charge is 0.265 e. The topological polar surface area (TPSA) is 87.7 Å². The average molecular weight is 388 g/mol. The molecule has 0 bridgehead atoms. The number of anilines is 1. The zero-order chi connectivity index (χ0) is 15.0. The van der Waals surface area contributed by atoms with E-state index in [0.29, 0.717) is 10.2 Å². The third-order valence-electron chi connectivity index (χ3n) is 2.76. The molecule has 0 saturated carbocycles. The normalized spacial score (nSPS) is 11.7. The number of hydrogen-bond donors (Lipinski definition) is 2. The molecule has 0 atom stereocenters. The fraction of sp³-hybridized carbons (Fsp3) is 0. The van der Waals surface area contributed by atoms with Gasteiger partial charge in [-0.15, -0.1) is 0 Å². The highest BCUT2D eigenvalue weighted by Gasteiger charge is 2.19. The summed E-state index contributed by atoms with van der Waals surface area (Å²) in [4.78, 5) is 3.72. The van der Waals surface area contributed by atoms with Crippen LogP contribution in [0.2, 0.25) is 5.15 Å². The number of hydrogen-bond acceptors (Lipinski definition) is 4. The summed E-state index contributed by atoms with van der Waals surface area (Å²) in [6.45, 7) is 0. The number of rotatable bonds is 3. The fourth-order valence-electron chi connectivity index (χ4n) is 1.80. The summed E-state index contributed by atoms with van der Waals surface area (Å²) in [5.41, 5.74) is 1.14. The van der Waals surface area contributed by atoms with E-state index < -0.39 is 10.0 Å². The number of H-pyrrole nitrogens is 1. The maximum Gasteiger partial charge on any atom is 0.265 e. The van der Waals surface area contributed by atoms with E-state index in [-0.39, 0.29) is 10.0 Å². The summed E-state index contributed by atoms with van der Waals surface area (Å²) in [5, 5.41) is 7.46. The van der Waals surface area contributed by atoms with Crippen molar-refractivity contribution in [2.75, 3.05) is 4.72 Å². The average Bonchev–Trinajstić information content (AvgIpc) is 2.88. The number of sulfonamides is 1. The van der Waals surface area contributed by atoms with Gasteiger partial charge in [-0.3, -0.25) is 9.82 Å². The SMILES string of the molecule is O=S(=O)(Nc1ccc2cn[nH]c2c1)c1cc(Br)cnc1Cl. The molecule has 0 unspecified atom stereocenters. The maximum atomic E-state index is 12.4. The van der Waals surface area contributed by atoms with Crippen LogP contribution in [0.25, 0.3) is 10.9 Å². The fourth-order valence-corrected chi connectivity index (χ4v) is 3.80. The van der Waals surface area contributed by atoms with E-state index in [1.807, 2.05) is 0 Å². The molecular formula is C12H8BrClN4O2S. The van der Waals surface area contributed by atoms with Gasteiger partial charge >= 0.3 is 0 Å². The standard InChI is InChI=1S/C12H8BrClN4O2S/c13-8-3-11(12(14)15-6-8)21(19,20)18-9-2-1-7-5-16-17-10(7)4-9/h1-6,18H,(H,16,17). The van der Waals surface area contributed by atoms with Gasteiger partial charge < -0.3 is 0 Å². The van der Waals surface area contributed by atoms with Gasteiger partial charge in [0.25, 0.3) is 10.0 Å². The Kier molecular flexibility index (Phi) is 3.60. The first-order valence-electron chi connectivity index (χ1n) is 5.73. The van der Waals surface area contributed by atoms with Gasteiger partial charge in [0, 0.05) is 16.1 Å². The summed E-state index contributed by atoms with van der Waals surface area (Å²) in [6, 6.07) is 6.46. The summed E-state index contributed by atoms with van der Waals surface area (Å²) in [6.07, 6.45) is 3.08. The molecule has 0 aliphatic carbocycles. The molecule has 0 aliphatic rings. The Morgan fingerprint density at radius 2 is 2.05 bits per heavy atom. The molecule has 3 aromatic rings. The minimum atomic E-state index is -3.83. The summed E-state index contributed by atoms with van der Waals surface area (Å²) >= 11 is 9.03. The van der Waals surface area contributed by atoms with E-state index in [1.54, 1.807) is 24.4 Å². The van der Waals surface area contributed by atoms with Crippen molar-refractivity contribution in [3.63, 3.8) is 0 Å². The van der Waals surface area contributed by atoms with E-state index in [1.165, 1.54) is 12.3 Å². The van der Waals surface area contributed by atoms with Crippen LogP contribution in [0.4, 0.5) is 5.69 Å². The van der Waals surface area contributed by atoms with Crippen LogP contribution >= 0.6 is 27.5 Å². The number of nitrogens with one attached hydrogen (secondary N) is 2. The molecule has 0 fully saturated rings. The molecule has 108 valence electrons. The lowest BCUT2D eigenvalue weighted by Crippen LogP contribution is -2.14. The number of halogens is 2. The van der Waals surface area contributed by atoms with Gasteiger partial charge in [-0.25, -0.2) is 13.4 Å². The number of nitrogens with zero attached hydrogens (tertiary/aromatic N) is 2. The van der Waals surface area contributed by atoms with Crippen LogP contribution in [0.5, 0.6) is 0 Å². The maximum absolute atomic E-state index is 12.4. The van der Waals surface area contributed by atoms with Gasteiger partial charge in [-0.1, -0.05) is 11.6 Å². The molecular weight excluding hydrogens is 380 g/mol. The van der Waals surface area contributed by atoms with E-state index in [9.17, 15) is 8.42 Å². The van der Waals surface area contributed by atoms with E-state index >= 15 is 0 Å². The Bertz CT molecular complexity index is 926. The van der Waals surface area contributed by atoms with Crippen molar-refractivity contribution in [1.29, 1.82) is 0 Å². The first-order valence-corrected chi connectivity index (χ1v) is 8.38. The molecule has 21 heavy (non-hydrogen) atoms. The minimum Gasteiger partial charge on any atom is -0.279 e. The van der Waals surface area contributed by atoms with Gasteiger partial charge in [0.05, 0.1) is 17.4 Å². The van der Waals surface area contributed by atoms with Gasteiger partial charge in [-0.2, -0.15) is 5.10 Å². The zero-order valence-corrected chi connectivity index (χ0v) is 13.5. The molecule has 0 radical (unpaired) electrons. The van der Waals surface area contributed by atoms with Crippen LogP contribution in [-0.2, 0) is 10.0 Å². The van der Waals surface area contributed by atoms with Gasteiger partial charge in [0.15, 0.2) is 0 Å². The second-order valence-electron chi connectivity index (χ2n) is 4.22. The molecule has 1 aromatic carbocycles. The van der Waals surface area contributed by atoms with E-state index in [2.05, 4.69) is 35.8 Å². The number of pyridine rings is 1. The zero-order valence-electron chi connectivity index (χ0n) is 10.3. The van der Waals surface area contributed by atoms with Crippen molar-refractivity contribution in [3.8, 4) is 0 Å². The van der Waals surface area contributed by atoms with Crippen LogP contribution in [0, 0.1) is 0 Å². The lowest BCUT2D eigenvalue weighted by atomic mass is 10.2. The first kappa shape index (κ1) is 14.3.